The molecule has 5 nitrogen and oxygen atoms in total. The van der Waals surface area contributed by atoms with Crippen LogP contribution in [0.25, 0.3) is 0 Å². The smallest absolute Gasteiger partial charge is 0.227 e. The SMILES string of the molecule is CCN(Cc1ccc(Cl)s1)C(=O)[C@H]1CNC[C@@H]1c1cnn(C)c1.Cl. The Balaban J connectivity index is 0.00000208. The lowest BCUT2D eigenvalue weighted by Gasteiger charge is -2.26. The molecule has 0 bridgehead atoms. The highest BCUT2D eigenvalue weighted by atomic mass is 35.5. The molecule has 24 heavy (non-hydrogen) atoms. The van der Waals surface area contributed by atoms with Crippen LogP contribution in [0.4, 0.5) is 0 Å². The Kier molecular flexibility index (Phi) is 6.69. The minimum Gasteiger partial charge on any atom is -0.338 e. The molecule has 1 amide bonds. The molecule has 2 aromatic rings. The molecule has 0 radical (unpaired) electrons. The van der Waals surface area contributed by atoms with E-state index in [1.165, 1.54) is 11.3 Å². The summed E-state index contributed by atoms with van der Waals surface area (Å²) in [6, 6.07) is 3.88. The van der Waals surface area contributed by atoms with E-state index in [1.807, 2.05) is 43.4 Å². The second-order valence-electron chi connectivity index (χ2n) is 5.88. The first kappa shape index (κ1) is 19.2. The first-order chi connectivity index (χ1) is 11.1. The zero-order chi connectivity index (χ0) is 16.4. The van der Waals surface area contributed by atoms with Gasteiger partial charge in [0.1, 0.15) is 0 Å². The number of hydrogen-bond donors (Lipinski definition) is 1. The number of thiophene rings is 1. The Morgan fingerprint density at radius 3 is 2.88 bits per heavy atom. The Morgan fingerprint density at radius 1 is 1.50 bits per heavy atom. The molecule has 0 aromatic carbocycles. The number of rotatable bonds is 5. The van der Waals surface area contributed by atoms with E-state index < -0.39 is 0 Å². The van der Waals surface area contributed by atoms with Gasteiger partial charge in [-0.1, -0.05) is 11.6 Å². The van der Waals surface area contributed by atoms with Crippen LogP contribution in [0.2, 0.25) is 4.34 Å². The number of carbonyl (C=O) groups excluding carboxylic acids is 1. The second kappa shape index (κ2) is 8.34. The van der Waals surface area contributed by atoms with Gasteiger partial charge in [-0.25, -0.2) is 0 Å². The quantitative estimate of drug-likeness (QED) is 0.856. The van der Waals surface area contributed by atoms with Gasteiger partial charge in [0.15, 0.2) is 0 Å². The number of carbonyl (C=O) groups is 1. The molecule has 1 aliphatic rings. The lowest BCUT2D eigenvalue weighted by Crippen LogP contribution is -2.38. The minimum atomic E-state index is -0.0328. The number of halogens is 2. The van der Waals surface area contributed by atoms with Crippen LogP contribution in [0.1, 0.15) is 23.3 Å². The average molecular weight is 389 g/mol. The Morgan fingerprint density at radius 2 is 2.29 bits per heavy atom. The van der Waals surface area contributed by atoms with Crippen molar-refractivity contribution in [2.75, 3.05) is 19.6 Å². The van der Waals surface area contributed by atoms with Crippen molar-refractivity contribution >= 4 is 41.3 Å². The lowest BCUT2D eigenvalue weighted by molar-refractivity contribution is -0.135. The van der Waals surface area contributed by atoms with Crippen molar-refractivity contribution < 1.29 is 4.79 Å². The molecule has 2 aromatic heterocycles. The van der Waals surface area contributed by atoms with Crippen LogP contribution in [0.15, 0.2) is 24.5 Å². The highest BCUT2D eigenvalue weighted by Gasteiger charge is 2.36. The van der Waals surface area contributed by atoms with Gasteiger partial charge < -0.3 is 10.2 Å². The van der Waals surface area contributed by atoms with E-state index in [0.29, 0.717) is 13.1 Å². The molecule has 132 valence electrons. The number of aromatic nitrogens is 2. The summed E-state index contributed by atoms with van der Waals surface area (Å²) in [5.74, 6) is 0.364. The molecular formula is C16H22Cl2N4OS. The van der Waals surface area contributed by atoms with Gasteiger partial charge in [0, 0.05) is 43.7 Å². The van der Waals surface area contributed by atoms with Gasteiger partial charge in [0.05, 0.1) is 23.0 Å². The summed E-state index contributed by atoms with van der Waals surface area (Å²) in [7, 11) is 1.90. The third kappa shape index (κ3) is 4.11. The maximum Gasteiger partial charge on any atom is 0.227 e. The van der Waals surface area contributed by atoms with Crippen molar-refractivity contribution in [2.24, 2.45) is 13.0 Å². The standard InChI is InChI=1S/C16H21ClN4OS.ClH/c1-3-21(10-12-4-5-15(17)23-12)16(22)14-8-18-7-13(14)11-6-19-20(2)9-11;/h4-6,9,13-14,18H,3,7-8,10H2,1-2H3;1H/t13-,14+;/m1./s1. The Labute approximate surface area is 157 Å². The van der Waals surface area contributed by atoms with Crippen LogP contribution < -0.4 is 5.32 Å². The fourth-order valence-electron chi connectivity index (χ4n) is 3.12. The maximum absolute atomic E-state index is 13.0. The molecule has 0 aliphatic carbocycles. The average Bonchev–Trinajstić information content (AvgIpc) is 3.24. The summed E-state index contributed by atoms with van der Waals surface area (Å²) in [5.41, 5.74) is 1.13. The topological polar surface area (TPSA) is 50.2 Å². The predicted molar refractivity (Wildman–Crippen MR) is 100.0 cm³/mol. The number of nitrogens with one attached hydrogen (secondary N) is 1. The van der Waals surface area contributed by atoms with Crippen LogP contribution in [0.3, 0.4) is 0 Å². The Bertz CT molecular complexity index is 687. The first-order valence-electron chi connectivity index (χ1n) is 7.80. The molecule has 2 atom stereocenters. The summed E-state index contributed by atoms with van der Waals surface area (Å²) in [6.45, 7) is 4.90. The summed E-state index contributed by atoms with van der Waals surface area (Å²) in [6.07, 6.45) is 3.88. The summed E-state index contributed by atoms with van der Waals surface area (Å²) >= 11 is 7.53. The first-order valence-corrected chi connectivity index (χ1v) is 9.00. The van der Waals surface area contributed by atoms with Crippen LogP contribution >= 0.6 is 35.3 Å². The molecule has 8 heteroatoms. The molecule has 0 spiro atoms. The van der Waals surface area contributed by atoms with E-state index in [1.54, 1.807) is 4.68 Å². The third-order valence-electron chi connectivity index (χ3n) is 4.35. The van der Waals surface area contributed by atoms with Crippen molar-refractivity contribution in [3.8, 4) is 0 Å². The van der Waals surface area contributed by atoms with E-state index in [0.717, 1.165) is 27.9 Å². The summed E-state index contributed by atoms with van der Waals surface area (Å²) < 4.78 is 2.56. The van der Waals surface area contributed by atoms with Crippen molar-refractivity contribution in [1.29, 1.82) is 0 Å². The fraction of sp³-hybridized carbons (Fsp3) is 0.500. The van der Waals surface area contributed by atoms with Crippen LogP contribution in [-0.4, -0.2) is 40.2 Å². The highest BCUT2D eigenvalue weighted by molar-refractivity contribution is 7.16. The third-order valence-corrected chi connectivity index (χ3v) is 5.57. The van der Waals surface area contributed by atoms with E-state index >= 15 is 0 Å². The van der Waals surface area contributed by atoms with Gasteiger partial charge in [0.25, 0.3) is 0 Å². The number of amides is 1. The van der Waals surface area contributed by atoms with E-state index in [4.69, 9.17) is 11.6 Å². The van der Waals surface area contributed by atoms with Gasteiger partial charge in [0.2, 0.25) is 5.91 Å². The zero-order valence-corrected chi connectivity index (χ0v) is 16.1. The Hall–Kier alpha value is -1.08. The second-order valence-corrected chi connectivity index (χ2v) is 7.68. The van der Waals surface area contributed by atoms with Gasteiger partial charge in [-0.3, -0.25) is 9.48 Å². The molecule has 0 unspecified atom stereocenters. The molecule has 1 saturated heterocycles. The highest BCUT2D eigenvalue weighted by Crippen LogP contribution is 2.30. The molecular weight excluding hydrogens is 367 g/mol. The molecule has 1 fully saturated rings. The predicted octanol–water partition coefficient (Wildman–Crippen LogP) is 2.91. The molecule has 0 saturated carbocycles. The van der Waals surface area contributed by atoms with Crippen LogP contribution in [0, 0.1) is 5.92 Å². The fourth-order valence-corrected chi connectivity index (χ4v) is 4.23. The summed E-state index contributed by atoms with van der Waals surface area (Å²) in [4.78, 5) is 16.0. The number of hydrogen-bond acceptors (Lipinski definition) is 4. The van der Waals surface area contributed by atoms with E-state index in [2.05, 4.69) is 10.4 Å². The molecule has 1 aliphatic heterocycles. The molecule has 1 N–H and O–H groups in total. The van der Waals surface area contributed by atoms with Gasteiger partial charge in [-0.15, -0.1) is 23.7 Å². The summed E-state index contributed by atoms with van der Waals surface area (Å²) in [5, 5.41) is 7.60. The molecule has 3 rings (SSSR count). The van der Waals surface area contributed by atoms with Crippen molar-refractivity contribution in [2.45, 2.75) is 19.4 Å². The number of nitrogens with zero attached hydrogens (tertiary/aromatic N) is 3. The van der Waals surface area contributed by atoms with Crippen molar-refractivity contribution in [1.82, 2.24) is 20.0 Å². The van der Waals surface area contributed by atoms with Gasteiger partial charge in [-0.05, 0) is 24.6 Å². The van der Waals surface area contributed by atoms with Crippen molar-refractivity contribution in [3.05, 3.63) is 39.3 Å². The zero-order valence-electron chi connectivity index (χ0n) is 13.7. The molecule has 3 heterocycles. The van der Waals surface area contributed by atoms with Gasteiger partial charge >= 0.3 is 0 Å². The lowest BCUT2D eigenvalue weighted by atomic mass is 9.90. The van der Waals surface area contributed by atoms with Crippen molar-refractivity contribution in [3.63, 3.8) is 0 Å². The monoisotopic (exact) mass is 388 g/mol. The van der Waals surface area contributed by atoms with E-state index in [9.17, 15) is 4.79 Å². The minimum absolute atomic E-state index is 0. The van der Waals surface area contributed by atoms with Crippen LogP contribution in [0.5, 0.6) is 0 Å². The normalized spacial score (nSPS) is 20.0. The van der Waals surface area contributed by atoms with Gasteiger partial charge in [-0.2, -0.15) is 5.10 Å². The van der Waals surface area contributed by atoms with Crippen LogP contribution in [-0.2, 0) is 18.4 Å². The largest absolute Gasteiger partial charge is 0.338 e. The van der Waals surface area contributed by atoms with E-state index in [-0.39, 0.29) is 30.2 Å². The number of aryl methyl sites for hydroxylation is 1. The maximum atomic E-state index is 13.0.